The highest BCUT2D eigenvalue weighted by molar-refractivity contribution is 14.0. The quantitative estimate of drug-likeness (QED) is 0.214. The van der Waals surface area contributed by atoms with Gasteiger partial charge in [0, 0.05) is 26.1 Å². The summed E-state index contributed by atoms with van der Waals surface area (Å²) in [7, 11) is 0. The molecule has 0 aromatic carbocycles. The number of furan rings is 1. The zero-order valence-corrected chi connectivity index (χ0v) is 17.2. The Balaban J connectivity index is 0.00000312. The van der Waals surface area contributed by atoms with Crippen LogP contribution >= 0.6 is 24.0 Å². The van der Waals surface area contributed by atoms with Gasteiger partial charge in [-0.3, -0.25) is 4.99 Å². The number of aliphatic imine (C=N–C) groups is 1. The van der Waals surface area contributed by atoms with Crippen molar-refractivity contribution in [2.75, 3.05) is 39.5 Å². The highest BCUT2D eigenvalue weighted by Gasteiger charge is 2.13. The van der Waals surface area contributed by atoms with E-state index >= 15 is 0 Å². The van der Waals surface area contributed by atoms with Crippen molar-refractivity contribution in [2.45, 2.75) is 38.5 Å². The summed E-state index contributed by atoms with van der Waals surface area (Å²) >= 11 is 0. The fourth-order valence-corrected chi connectivity index (χ4v) is 2.93. The van der Waals surface area contributed by atoms with E-state index in [9.17, 15) is 0 Å². The predicted molar refractivity (Wildman–Crippen MR) is 111 cm³/mol. The fraction of sp³-hybridized carbons (Fsp3) is 0.722. The molecule has 0 atom stereocenters. The predicted octanol–water partition coefficient (Wildman–Crippen LogP) is 2.56. The number of rotatable bonds is 10. The molecule has 1 aromatic heterocycles. The maximum absolute atomic E-state index is 8.72. The number of aliphatic hydroxyl groups is 1. The van der Waals surface area contributed by atoms with Gasteiger partial charge in [-0.2, -0.15) is 0 Å². The van der Waals surface area contributed by atoms with Gasteiger partial charge in [-0.1, -0.05) is 19.3 Å². The van der Waals surface area contributed by atoms with E-state index in [1.165, 1.54) is 32.1 Å². The van der Waals surface area contributed by atoms with E-state index in [4.69, 9.17) is 19.3 Å². The highest BCUT2D eigenvalue weighted by Crippen LogP contribution is 2.23. The van der Waals surface area contributed by atoms with Gasteiger partial charge in [-0.05, 0) is 30.9 Å². The summed E-state index contributed by atoms with van der Waals surface area (Å²) in [5.41, 5.74) is 0. The molecule has 3 N–H and O–H groups in total. The average Bonchev–Trinajstić information content (AvgIpc) is 3.13. The number of ether oxygens (including phenoxy) is 1. The van der Waals surface area contributed by atoms with Crippen LogP contribution in [-0.4, -0.2) is 50.5 Å². The molecular formula is C18H32IN3O3. The largest absolute Gasteiger partial charge is 0.469 e. The first-order chi connectivity index (χ1) is 11.9. The van der Waals surface area contributed by atoms with Crippen molar-refractivity contribution in [3.8, 4) is 0 Å². The van der Waals surface area contributed by atoms with E-state index < -0.39 is 0 Å². The summed E-state index contributed by atoms with van der Waals surface area (Å²) in [6.07, 6.45) is 9.16. The molecule has 0 spiro atoms. The number of halogens is 1. The molecule has 0 radical (unpaired) electrons. The van der Waals surface area contributed by atoms with Crippen LogP contribution in [-0.2, 0) is 11.2 Å². The molecular weight excluding hydrogens is 433 g/mol. The molecule has 2 rings (SSSR count). The maximum atomic E-state index is 8.72. The van der Waals surface area contributed by atoms with Crippen LogP contribution in [0.1, 0.15) is 37.9 Å². The summed E-state index contributed by atoms with van der Waals surface area (Å²) in [4.78, 5) is 4.74. The molecule has 1 heterocycles. The lowest BCUT2D eigenvalue weighted by atomic mass is 9.89. The Morgan fingerprint density at radius 1 is 1.20 bits per heavy atom. The van der Waals surface area contributed by atoms with E-state index in [1.54, 1.807) is 6.26 Å². The first-order valence-electron chi connectivity index (χ1n) is 9.11. The second kappa shape index (κ2) is 14.4. The molecule has 0 aliphatic heterocycles. The Kier molecular flexibility index (Phi) is 12.8. The van der Waals surface area contributed by atoms with Crippen molar-refractivity contribution in [2.24, 2.45) is 10.9 Å². The number of nitrogens with one attached hydrogen (secondary N) is 2. The molecule has 1 saturated carbocycles. The van der Waals surface area contributed by atoms with Crippen LogP contribution in [0.25, 0.3) is 0 Å². The summed E-state index contributed by atoms with van der Waals surface area (Å²) in [6, 6.07) is 3.89. The van der Waals surface area contributed by atoms with Gasteiger partial charge in [0.1, 0.15) is 5.76 Å². The minimum atomic E-state index is 0. The lowest BCUT2D eigenvalue weighted by Crippen LogP contribution is -2.40. The minimum Gasteiger partial charge on any atom is -0.469 e. The summed E-state index contributed by atoms with van der Waals surface area (Å²) < 4.78 is 10.6. The van der Waals surface area contributed by atoms with Crippen LogP contribution < -0.4 is 10.6 Å². The van der Waals surface area contributed by atoms with Gasteiger partial charge in [-0.15, -0.1) is 24.0 Å². The zero-order valence-electron chi connectivity index (χ0n) is 14.9. The molecule has 1 aromatic rings. The standard InChI is InChI=1S/C18H31N3O3.HI/c22-11-14-23-13-10-20-18(19-9-8-17-7-4-12-24-17)21-15-16-5-2-1-3-6-16;/h4,7,12,16,22H,1-3,5-6,8-11,13-15H2,(H2,19,20,21);1H. The molecule has 0 bridgehead atoms. The molecule has 25 heavy (non-hydrogen) atoms. The van der Waals surface area contributed by atoms with Crippen LogP contribution in [0.15, 0.2) is 27.8 Å². The van der Waals surface area contributed by atoms with Crippen LogP contribution in [0.4, 0.5) is 0 Å². The average molecular weight is 465 g/mol. The molecule has 1 fully saturated rings. The second-order valence-electron chi connectivity index (χ2n) is 6.21. The third-order valence-electron chi connectivity index (χ3n) is 4.25. The van der Waals surface area contributed by atoms with Crippen LogP contribution in [0.5, 0.6) is 0 Å². The van der Waals surface area contributed by atoms with Gasteiger partial charge in [0.15, 0.2) is 5.96 Å². The number of hydrogen-bond donors (Lipinski definition) is 3. The fourth-order valence-electron chi connectivity index (χ4n) is 2.93. The van der Waals surface area contributed by atoms with Gasteiger partial charge in [0.2, 0.25) is 0 Å². The summed E-state index contributed by atoms with van der Waals surface area (Å²) in [5.74, 6) is 2.52. The normalized spacial score (nSPS) is 15.6. The van der Waals surface area contributed by atoms with Crippen molar-refractivity contribution in [1.29, 1.82) is 0 Å². The van der Waals surface area contributed by atoms with Gasteiger partial charge < -0.3 is 24.9 Å². The lowest BCUT2D eigenvalue weighted by Gasteiger charge is -2.20. The van der Waals surface area contributed by atoms with Crippen molar-refractivity contribution in [1.82, 2.24) is 10.6 Å². The Labute approximate surface area is 167 Å². The molecule has 1 aliphatic carbocycles. The number of aliphatic hydroxyl groups excluding tert-OH is 1. The first-order valence-corrected chi connectivity index (χ1v) is 9.11. The van der Waals surface area contributed by atoms with Gasteiger partial charge in [0.25, 0.3) is 0 Å². The smallest absolute Gasteiger partial charge is 0.191 e. The molecule has 0 amide bonds. The molecule has 0 saturated heterocycles. The highest BCUT2D eigenvalue weighted by atomic mass is 127. The number of nitrogens with zero attached hydrogens (tertiary/aromatic N) is 1. The van der Waals surface area contributed by atoms with Crippen molar-refractivity contribution in [3.05, 3.63) is 24.2 Å². The summed E-state index contributed by atoms with van der Waals surface area (Å²) in [6.45, 7) is 3.33. The summed E-state index contributed by atoms with van der Waals surface area (Å²) in [5, 5.41) is 15.4. The van der Waals surface area contributed by atoms with Gasteiger partial charge in [-0.25, -0.2) is 0 Å². The molecule has 0 unspecified atom stereocenters. The molecule has 144 valence electrons. The third kappa shape index (κ3) is 10.1. The van der Waals surface area contributed by atoms with E-state index in [0.717, 1.165) is 31.2 Å². The SMILES string of the molecule is I.OCCOCCNC(=NCC1CCCCC1)NCCc1ccco1. The van der Waals surface area contributed by atoms with Crippen molar-refractivity contribution >= 4 is 29.9 Å². The molecule has 1 aliphatic rings. The van der Waals surface area contributed by atoms with Gasteiger partial charge in [0.05, 0.1) is 26.1 Å². The topological polar surface area (TPSA) is 79.0 Å². The van der Waals surface area contributed by atoms with Crippen molar-refractivity contribution < 1.29 is 14.3 Å². The van der Waals surface area contributed by atoms with E-state index in [-0.39, 0.29) is 30.6 Å². The molecule has 7 heteroatoms. The Hall–Kier alpha value is -0.800. The number of guanidine groups is 1. The van der Waals surface area contributed by atoms with Crippen LogP contribution in [0.3, 0.4) is 0 Å². The monoisotopic (exact) mass is 465 g/mol. The van der Waals surface area contributed by atoms with Crippen molar-refractivity contribution in [3.63, 3.8) is 0 Å². The lowest BCUT2D eigenvalue weighted by molar-refractivity contribution is 0.0957. The zero-order chi connectivity index (χ0) is 16.9. The van der Waals surface area contributed by atoms with Crippen LogP contribution in [0, 0.1) is 5.92 Å². The Bertz CT molecular complexity index is 448. The Morgan fingerprint density at radius 3 is 2.72 bits per heavy atom. The Morgan fingerprint density at radius 2 is 2.00 bits per heavy atom. The molecule has 6 nitrogen and oxygen atoms in total. The number of hydrogen-bond acceptors (Lipinski definition) is 4. The first kappa shape index (κ1) is 22.2. The third-order valence-corrected chi connectivity index (χ3v) is 4.25. The van der Waals surface area contributed by atoms with Gasteiger partial charge >= 0.3 is 0 Å². The minimum absolute atomic E-state index is 0. The van der Waals surface area contributed by atoms with E-state index in [2.05, 4.69) is 10.6 Å². The second-order valence-corrected chi connectivity index (χ2v) is 6.21. The maximum Gasteiger partial charge on any atom is 0.191 e. The van der Waals surface area contributed by atoms with Crippen LogP contribution in [0.2, 0.25) is 0 Å². The van der Waals surface area contributed by atoms with E-state index in [0.29, 0.717) is 25.7 Å². The van der Waals surface area contributed by atoms with E-state index in [1.807, 2.05) is 12.1 Å².